The van der Waals surface area contributed by atoms with Gasteiger partial charge in [-0.1, -0.05) is 26.0 Å². The highest BCUT2D eigenvalue weighted by Gasteiger charge is 2.04. The molecule has 0 fully saturated rings. The van der Waals surface area contributed by atoms with Gasteiger partial charge in [0.25, 0.3) is 0 Å². The van der Waals surface area contributed by atoms with Crippen LogP contribution < -0.4 is 0 Å². The number of hydrogen-bond donors (Lipinski definition) is 0. The van der Waals surface area contributed by atoms with Gasteiger partial charge >= 0.3 is 0 Å². The van der Waals surface area contributed by atoms with E-state index < -0.39 is 0 Å². The first-order valence-corrected chi connectivity index (χ1v) is 4.13. The first kappa shape index (κ1) is 10.7. The topological polar surface area (TPSA) is 9.23 Å². The number of rotatable bonds is 5. The van der Waals surface area contributed by atoms with Crippen LogP contribution in [-0.2, 0) is 4.74 Å². The fraction of sp³-hybridized carbons (Fsp3) is 0.700. The lowest BCUT2D eigenvalue weighted by Gasteiger charge is -2.14. The van der Waals surface area contributed by atoms with E-state index in [0.717, 1.165) is 5.57 Å². The zero-order chi connectivity index (χ0) is 8.85. The van der Waals surface area contributed by atoms with Crippen molar-refractivity contribution in [2.75, 3.05) is 6.61 Å². The van der Waals surface area contributed by atoms with E-state index in [4.69, 9.17) is 4.74 Å². The molecule has 0 rings (SSSR count). The summed E-state index contributed by atoms with van der Waals surface area (Å²) in [6, 6.07) is 0. The predicted octanol–water partition coefficient (Wildman–Crippen LogP) is 2.83. The van der Waals surface area contributed by atoms with Gasteiger partial charge in [-0.05, 0) is 26.2 Å². The highest BCUT2D eigenvalue weighted by atomic mass is 16.5. The Labute approximate surface area is 70.4 Å². The predicted molar refractivity (Wildman–Crippen MR) is 49.4 cm³/mol. The van der Waals surface area contributed by atoms with Gasteiger partial charge in [-0.3, -0.25) is 0 Å². The second-order valence-electron chi connectivity index (χ2n) is 3.41. The van der Waals surface area contributed by atoms with Crippen molar-refractivity contribution in [3.8, 4) is 0 Å². The molecular formula is C10H19O. The maximum atomic E-state index is 5.46. The minimum atomic E-state index is 0.242. The molecule has 0 unspecified atom stereocenters. The average molecular weight is 155 g/mol. The van der Waals surface area contributed by atoms with Gasteiger partial charge in [-0.15, -0.1) is 0 Å². The van der Waals surface area contributed by atoms with E-state index in [1.807, 2.05) is 6.92 Å². The van der Waals surface area contributed by atoms with Crippen LogP contribution in [0, 0.1) is 12.3 Å². The van der Waals surface area contributed by atoms with Crippen LogP contribution in [0.15, 0.2) is 12.2 Å². The molecule has 0 aliphatic heterocycles. The van der Waals surface area contributed by atoms with Crippen molar-refractivity contribution in [2.45, 2.75) is 33.8 Å². The highest BCUT2D eigenvalue weighted by Crippen LogP contribution is 2.06. The largest absolute Gasteiger partial charge is 0.374 e. The molecule has 1 heteroatoms. The summed E-state index contributed by atoms with van der Waals surface area (Å²) in [4.78, 5) is 0. The molecule has 0 amide bonds. The molecule has 1 radical (unpaired) electrons. The Kier molecular flexibility index (Phi) is 5.22. The van der Waals surface area contributed by atoms with E-state index in [1.54, 1.807) is 0 Å². The summed E-state index contributed by atoms with van der Waals surface area (Å²) < 4.78 is 5.46. The van der Waals surface area contributed by atoms with E-state index in [-0.39, 0.29) is 6.10 Å². The normalized spacial score (nSPS) is 13.5. The SMILES string of the molecule is C=C(C)CO[C@@H](C)[CH]C(C)C. The lowest BCUT2D eigenvalue weighted by molar-refractivity contribution is 0.0999. The first-order valence-electron chi connectivity index (χ1n) is 4.13. The van der Waals surface area contributed by atoms with Crippen LogP contribution in [0.2, 0.25) is 0 Å². The summed E-state index contributed by atoms with van der Waals surface area (Å²) in [6.07, 6.45) is 2.43. The van der Waals surface area contributed by atoms with Crippen LogP contribution in [-0.4, -0.2) is 12.7 Å². The summed E-state index contributed by atoms with van der Waals surface area (Å²) in [5, 5.41) is 0. The van der Waals surface area contributed by atoms with Crippen LogP contribution in [0.5, 0.6) is 0 Å². The molecule has 0 aromatic carbocycles. The molecule has 0 aliphatic rings. The summed E-state index contributed by atoms with van der Waals surface area (Å²) >= 11 is 0. The van der Waals surface area contributed by atoms with Gasteiger partial charge in [0, 0.05) is 0 Å². The first-order chi connectivity index (χ1) is 5.02. The molecule has 0 N–H and O–H groups in total. The second-order valence-corrected chi connectivity index (χ2v) is 3.41. The van der Waals surface area contributed by atoms with Gasteiger partial charge in [0.1, 0.15) is 0 Å². The molecule has 0 spiro atoms. The highest BCUT2D eigenvalue weighted by molar-refractivity contribution is 4.89. The van der Waals surface area contributed by atoms with Crippen LogP contribution in [0.1, 0.15) is 27.7 Å². The molecule has 1 atom stereocenters. The van der Waals surface area contributed by atoms with Gasteiger partial charge in [-0.2, -0.15) is 0 Å². The van der Waals surface area contributed by atoms with Gasteiger partial charge in [0.2, 0.25) is 0 Å². The third-order valence-corrected chi connectivity index (χ3v) is 1.25. The van der Waals surface area contributed by atoms with Crippen LogP contribution >= 0.6 is 0 Å². The Balaban J connectivity index is 3.37. The van der Waals surface area contributed by atoms with Crippen molar-refractivity contribution in [3.63, 3.8) is 0 Å². The maximum absolute atomic E-state index is 5.46. The van der Waals surface area contributed by atoms with E-state index >= 15 is 0 Å². The summed E-state index contributed by atoms with van der Waals surface area (Å²) in [5.41, 5.74) is 1.08. The molecule has 0 aromatic rings. The Morgan fingerprint density at radius 2 is 2.00 bits per heavy atom. The number of hydrogen-bond acceptors (Lipinski definition) is 1. The molecule has 11 heavy (non-hydrogen) atoms. The molecular weight excluding hydrogens is 136 g/mol. The van der Waals surface area contributed by atoms with E-state index in [9.17, 15) is 0 Å². The zero-order valence-electron chi connectivity index (χ0n) is 8.05. The lowest BCUT2D eigenvalue weighted by Crippen LogP contribution is -2.13. The molecule has 0 saturated heterocycles. The van der Waals surface area contributed by atoms with E-state index in [2.05, 4.69) is 33.8 Å². The Morgan fingerprint density at radius 1 is 1.45 bits per heavy atom. The fourth-order valence-corrected chi connectivity index (χ4v) is 0.871. The fourth-order valence-electron chi connectivity index (χ4n) is 0.871. The maximum Gasteiger partial charge on any atom is 0.0675 e. The van der Waals surface area contributed by atoms with Gasteiger partial charge in [0.15, 0.2) is 0 Å². The summed E-state index contributed by atoms with van der Waals surface area (Å²) in [7, 11) is 0. The standard InChI is InChI=1S/C10H19O/c1-8(2)6-10(5)11-7-9(3)4/h6,8,10H,3,7H2,1-2,4-5H3/t10-/m0/s1. The van der Waals surface area contributed by atoms with Gasteiger partial charge < -0.3 is 4.74 Å². The Morgan fingerprint density at radius 3 is 2.36 bits per heavy atom. The molecule has 0 heterocycles. The summed E-state index contributed by atoms with van der Waals surface area (Å²) in [5.74, 6) is 0.593. The van der Waals surface area contributed by atoms with Crippen molar-refractivity contribution < 1.29 is 4.74 Å². The smallest absolute Gasteiger partial charge is 0.0675 e. The van der Waals surface area contributed by atoms with Crippen LogP contribution in [0.3, 0.4) is 0 Å². The molecule has 0 bridgehead atoms. The minimum Gasteiger partial charge on any atom is -0.374 e. The Hall–Kier alpha value is -0.300. The third-order valence-electron chi connectivity index (χ3n) is 1.25. The summed E-state index contributed by atoms with van der Waals surface area (Å²) in [6.45, 7) is 12.8. The molecule has 0 aromatic heterocycles. The van der Waals surface area contributed by atoms with Crippen molar-refractivity contribution in [1.29, 1.82) is 0 Å². The van der Waals surface area contributed by atoms with Crippen molar-refractivity contribution in [3.05, 3.63) is 18.6 Å². The zero-order valence-corrected chi connectivity index (χ0v) is 8.05. The monoisotopic (exact) mass is 155 g/mol. The lowest BCUT2D eigenvalue weighted by atomic mass is 10.1. The van der Waals surface area contributed by atoms with Crippen LogP contribution in [0.4, 0.5) is 0 Å². The number of ether oxygens (including phenoxy) is 1. The van der Waals surface area contributed by atoms with Crippen molar-refractivity contribution in [1.82, 2.24) is 0 Å². The third kappa shape index (κ3) is 7.60. The average Bonchev–Trinajstić information content (AvgIpc) is 1.82. The Bertz CT molecular complexity index is 116. The second kappa shape index (κ2) is 5.36. The molecule has 65 valence electrons. The van der Waals surface area contributed by atoms with Gasteiger partial charge in [-0.25, -0.2) is 0 Å². The van der Waals surface area contributed by atoms with Crippen molar-refractivity contribution in [2.24, 2.45) is 5.92 Å². The molecule has 0 saturated carbocycles. The minimum absolute atomic E-state index is 0.242. The van der Waals surface area contributed by atoms with Crippen molar-refractivity contribution >= 4 is 0 Å². The molecule has 0 aliphatic carbocycles. The quantitative estimate of drug-likeness (QED) is 0.555. The van der Waals surface area contributed by atoms with E-state index in [1.165, 1.54) is 0 Å². The van der Waals surface area contributed by atoms with E-state index in [0.29, 0.717) is 12.5 Å². The van der Waals surface area contributed by atoms with Crippen LogP contribution in [0.25, 0.3) is 0 Å². The van der Waals surface area contributed by atoms with Gasteiger partial charge in [0.05, 0.1) is 12.7 Å². The molecule has 1 nitrogen and oxygen atoms in total.